The van der Waals surface area contributed by atoms with Gasteiger partial charge in [-0.15, -0.1) is 11.3 Å². The maximum Gasteiger partial charge on any atom is 0.251 e. The molecule has 1 atom stereocenters. The highest BCUT2D eigenvalue weighted by Gasteiger charge is 2.14. The average Bonchev–Trinajstić information content (AvgIpc) is 3.08. The van der Waals surface area contributed by atoms with Gasteiger partial charge in [0, 0.05) is 16.4 Å². The van der Waals surface area contributed by atoms with Gasteiger partial charge in [-0.3, -0.25) is 9.59 Å². The molecule has 0 fully saturated rings. The number of aliphatic hydroxyl groups excluding tert-OH is 1. The smallest absolute Gasteiger partial charge is 0.251 e. The second-order valence-corrected chi connectivity index (χ2v) is 7.11. The summed E-state index contributed by atoms with van der Waals surface area (Å²) in [6.45, 7) is 5.63. The summed E-state index contributed by atoms with van der Waals surface area (Å²) in [5.74, 6) is -0.0539. The molecule has 24 heavy (non-hydrogen) atoms. The van der Waals surface area contributed by atoms with E-state index in [9.17, 15) is 9.59 Å². The number of carbonyl (C=O) groups is 2. The van der Waals surface area contributed by atoms with Crippen molar-refractivity contribution < 1.29 is 14.7 Å². The first-order valence-electron chi connectivity index (χ1n) is 8.12. The number of benzene rings is 1. The zero-order chi connectivity index (χ0) is 17.7. The molecular formula is C19H23NO3S. The third kappa shape index (κ3) is 4.30. The standard InChI is InChI=1S/C19H23NO3S/c1-4-15(11-21)20-19(23)14-7-5-13(6-8-14)16-9-10-17(24-16)18(22)12(2)3/h5-10,12,15,21H,4,11H2,1-3H3,(H,20,23). The molecule has 0 aliphatic heterocycles. The Morgan fingerprint density at radius 1 is 1.12 bits per heavy atom. The van der Waals surface area contributed by atoms with Crippen molar-refractivity contribution in [2.75, 3.05) is 6.61 Å². The van der Waals surface area contributed by atoms with Gasteiger partial charge >= 0.3 is 0 Å². The number of ketones is 1. The molecule has 1 unspecified atom stereocenters. The Kier molecular flexibility index (Phi) is 6.29. The molecule has 4 nitrogen and oxygen atoms in total. The number of hydrogen-bond acceptors (Lipinski definition) is 4. The van der Waals surface area contributed by atoms with Gasteiger partial charge in [0.2, 0.25) is 0 Å². The van der Waals surface area contributed by atoms with Crippen LogP contribution in [-0.4, -0.2) is 29.4 Å². The van der Waals surface area contributed by atoms with E-state index in [0.29, 0.717) is 12.0 Å². The van der Waals surface area contributed by atoms with Crippen molar-refractivity contribution in [3.63, 3.8) is 0 Å². The van der Waals surface area contributed by atoms with E-state index >= 15 is 0 Å². The highest BCUT2D eigenvalue weighted by Crippen LogP contribution is 2.29. The lowest BCUT2D eigenvalue weighted by Gasteiger charge is -2.14. The van der Waals surface area contributed by atoms with Gasteiger partial charge in [0.1, 0.15) is 0 Å². The maximum absolute atomic E-state index is 12.1. The van der Waals surface area contributed by atoms with Gasteiger partial charge in [-0.05, 0) is 36.2 Å². The van der Waals surface area contributed by atoms with Gasteiger partial charge in [0.05, 0.1) is 17.5 Å². The monoisotopic (exact) mass is 345 g/mol. The van der Waals surface area contributed by atoms with Crippen molar-refractivity contribution in [3.05, 3.63) is 46.8 Å². The number of amides is 1. The minimum atomic E-state index is -0.223. The quantitative estimate of drug-likeness (QED) is 0.751. The normalized spacial score (nSPS) is 12.2. The van der Waals surface area contributed by atoms with Crippen LogP contribution in [0.25, 0.3) is 10.4 Å². The Morgan fingerprint density at radius 2 is 1.79 bits per heavy atom. The highest BCUT2D eigenvalue weighted by atomic mass is 32.1. The Hall–Kier alpha value is -1.98. The lowest BCUT2D eigenvalue weighted by molar-refractivity contribution is 0.0913. The predicted octanol–water partition coefficient (Wildman–Crippen LogP) is 3.75. The third-order valence-corrected chi connectivity index (χ3v) is 5.00. The zero-order valence-electron chi connectivity index (χ0n) is 14.2. The first-order chi connectivity index (χ1) is 11.5. The van der Waals surface area contributed by atoms with Crippen LogP contribution in [0.2, 0.25) is 0 Å². The van der Waals surface area contributed by atoms with E-state index < -0.39 is 0 Å². The van der Waals surface area contributed by atoms with Gasteiger partial charge in [0.15, 0.2) is 5.78 Å². The SMILES string of the molecule is CCC(CO)NC(=O)c1ccc(-c2ccc(C(=O)C(C)C)s2)cc1. The van der Waals surface area contributed by atoms with Gasteiger partial charge in [-0.1, -0.05) is 32.9 Å². The second-order valence-electron chi connectivity index (χ2n) is 6.02. The fourth-order valence-corrected chi connectivity index (χ4v) is 3.34. The summed E-state index contributed by atoms with van der Waals surface area (Å²) >= 11 is 1.47. The van der Waals surface area contributed by atoms with Crippen molar-refractivity contribution in [2.45, 2.75) is 33.2 Å². The van der Waals surface area contributed by atoms with E-state index in [4.69, 9.17) is 5.11 Å². The Bertz CT molecular complexity index is 700. The van der Waals surface area contributed by atoms with Crippen molar-refractivity contribution in [3.8, 4) is 10.4 Å². The lowest BCUT2D eigenvalue weighted by atomic mass is 10.1. The number of carbonyl (C=O) groups excluding carboxylic acids is 2. The molecule has 1 amide bonds. The van der Waals surface area contributed by atoms with Crippen molar-refractivity contribution in [1.29, 1.82) is 0 Å². The molecule has 0 aliphatic carbocycles. The van der Waals surface area contributed by atoms with Crippen LogP contribution >= 0.6 is 11.3 Å². The summed E-state index contributed by atoms with van der Waals surface area (Å²) in [7, 11) is 0. The van der Waals surface area contributed by atoms with E-state index in [2.05, 4.69) is 5.32 Å². The fraction of sp³-hybridized carbons (Fsp3) is 0.368. The number of rotatable bonds is 7. The van der Waals surface area contributed by atoms with Crippen LogP contribution in [0.5, 0.6) is 0 Å². The molecular weight excluding hydrogens is 322 g/mol. The lowest BCUT2D eigenvalue weighted by Crippen LogP contribution is -2.36. The summed E-state index contributed by atoms with van der Waals surface area (Å²) < 4.78 is 0. The van der Waals surface area contributed by atoms with E-state index in [1.807, 2.05) is 45.0 Å². The van der Waals surface area contributed by atoms with Crippen LogP contribution in [0.15, 0.2) is 36.4 Å². The Morgan fingerprint density at radius 3 is 2.33 bits per heavy atom. The fourth-order valence-electron chi connectivity index (χ4n) is 2.24. The van der Waals surface area contributed by atoms with E-state index in [0.717, 1.165) is 15.3 Å². The Labute approximate surface area is 146 Å². The molecule has 0 aliphatic rings. The number of Topliss-reactive ketones (excluding diaryl/α,β-unsaturated/α-hetero) is 1. The maximum atomic E-state index is 12.1. The topological polar surface area (TPSA) is 66.4 Å². The van der Waals surface area contributed by atoms with Gasteiger partial charge in [-0.25, -0.2) is 0 Å². The summed E-state index contributed by atoms with van der Waals surface area (Å²) in [5.41, 5.74) is 1.54. The minimum absolute atomic E-state index is 0.0133. The molecule has 2 aromatic rings. The number of hydrogen-bond donors (Lipinski definition) is 2. The zero-order valence-corrected chi connectivity index (χ0v) is 15.0. The molecule has 128 valence electrons. The van der Waals surface area contributed by atoms with Gasteiger partial charge in [0.25, 0.3) is 5.91 Å². The van der Waals surface area contributed by atoms with Crippen LogP contribution in [0, 0.1) is 5.92 Å². The minimum Gasteiger partial charge on any atom is -0.394 e. The summed E-state index contributed by atoms with van der Waals surface area (Å²) in [4.78, 5) is 25.9. The molecule has 1 aromatic carbocycles. The largest absolute Gasteiger partial charge is 0.394 e. The van der Waals surface area contributed by atoms with Crippen LogP contribution in [0.3, 0.4) is 0 Å². The van der Waals surface area contributed by atoms with Crippen molar-refractivity contribution >= 4 is 23.0 Å². The molecule has 0 spiro atoms. The first kappa shape index (κ1) is 18.4. The third-order valence-electron chi connectivity index (χ3n) is 3.85. The van der Waals surface area contributed by atoms with E-state index in [-0.39, 0.29) is 30.3 Å². The molecule has 1 aromatic heterocycles. The summed E-state index contributed by atoms with van der Waals surface area (Å²) in [6.07, 6.45) is 0.683. The second kappa shape index (κ2) is 8.22. The molecule has 5 heteroatoms. The summed E-state index contributed by atoms with van der Waals surface area (Å²) in [5, 5.41) is 12.0. The summed E-state index contributed by atoms with van der Waals surface area (Å²) in [6, 6.07) is 10.9. The Balaban J connectivity index is 2.12. The van der Waals surface area contributed by atoms with Crippen LogP contribution in [-0.2, 0) is 0 Å². The number of nitrogens with one attached hydrogen (secondary N) is 1. The first-order valence-corrected chi connectivity index (χ1v) is 8.94. The van der Waals surface area contributed by atoms with Gasteiger partial charge in [-0.2, -0.15) is 0 Å². The molecule has 0 radical (unpaired) electrons. The van der Waals surface area contributed by atoms with Crippen LogP contribution in [0.1, 0.15) is 47.2 Å². The van der Waals surface area contributed by atoms with E-state index in [1.165, 1.54) is 11.3 Å². The van der Waals surface area contributed by atoms with Crippen molar-refractivity contribution in [1.82, 2.24) is 5.32 Å². The van der Waals surface area contributed by atoms with Crippen molar-refractivity contribution in [2.24, 2.45) is 5.92 Å². The highest BCUT2D eigenvalue weighted by molar-refractivity contribution is 7.17. The molecule has 1 heterocycles. The van der Waals surface area contributed by atoms with Crippen LogP contribution < -0.4 is 5.32 Å². The molecule has 0 saturated carbocycles. The molecule has 2 rings (SSSR count). The number of thiophene rings is 1. The predicted molar refractivity (Wildman–Crippen MR) is 97.6 cm³/mol. The average molecular weight is 345 g/mol. The van der Waals surface area contributed by atoms with Crippen LogP contribution in [0.4, 0.5) is 0 Å². The molecule has 0 bridgehead atoms. The van der Waals surface area contributed by atoms with Gasteiger partial charge < -0.3 is 10.4 Å². The number of aliphatic hydroxyl groups is 1. The molecule has 0 saturated heterocycles. The molecule has 2 N–H and O–H groups in total. The van der Waals surface area contributed by atoms with E-state index in [1.54, 1.807) is 12.1 Å².